The first kappa shape index (κ1) is 20.8. The molecular formula is C22H30N2O3. The van der Waals surface area contributed by atoms with Crippen LogP contribution in [0, 0.1) is 11.3 Å². The Bertz CT molecular complexity index is 685. The van der Waals surface area contributed by atoms with Gasteiger partial charge in [-0.25, -0.2) is 0 Å². The molecule has 5 heteroatoms. The van der Waals surface area contributed by atoms with E-state index in [1.54, 1.807) is 19.3 Å². The molecule has 0 saturated heterocycles. The van der Waals surface area contributed by atoms with Gasteiger partial charge in [0, 0.05) is 6.04 Å². The van der Waals surface area contributed by atoms with Crippen molar-refractivity contribution < 1.29 is 14.3 Å². The highest BCUT2D eigenvalue weighted by atomic mass is 16.5. The summed E-state index contributed by atoms with van der Waals surface area (Å²) in [4.78, 5) is 12.4. The molecule has 1 aromatic carbocycles. The summed E-state index contributed by atoms with van der Waals surface area (Å²) in [5.41, 5.74) is 0.849. The zero-order valence-electron chi connectivity index (χ0n) is 16.4. The lowest BCUT2D eigenvalue weighted by atomic mass is 9.95. The Hall–Kier alpha value is -2.48. The maximum absolute atomic E-state index is 12.4. The van der Waals surface area contributed by atoms with Gasteiger partial charge in [-0.2, -0.15) is 5.26 Å². The largest absolute Gasteiger partial charge is 0.493 e. The van der Waals surface area contributed by atoms with Gasteiger partial charge >= 0.3 is 0 Å². The molecule has 1 N–H and O–H groups in total. The van der Waals surface area contributed by atoms with E-state index >= 15 is 0 Å². The number of hydrogen-bond acceptors (Lipinski definition) is 4. The van der Waals surface area contributed by atoms with E-state index in [-0.39, 0.29) is 17.5 Å². The number of nitriles is 1. The van der Waals surface area contributed by atoms with Crippen LogP contribution in [0.15, 0.2) is 23.8 Å². The van der Waals surface area contributed by atoms with E-state index in [4.69, 9.17) is 9.47 Å². The second-order valence-corrected chi connectivity index (χ2v) is 6.94. The lowest BCUT2D eigenvalue weighted by molar-refractivity contribution is -0.117. The predicted octanol–water partition coefficient (Wildman–Crippen LogP) is 4.62. The smallest absolute Gasteiger partial charge is 0.262 e. The fourth-order valence-corrected chi connectivity index (χ4v) is 3.25. The van der Waals surface area contributed by atoms with Crippen molar-refractivity contribution in [1.82, 2.24) is 5.32 Å². The number of methoxy groups -OCH3 is 1. The topological polar surface area (TPSA) is 71.3 Å². The van der Waals surface area contributed by atoms with Crippen LogP contribution in [0.25, 0.3) is 6.08 Å². The average molecular weight is 370 g/mol. The van der Waals surface area contributed by atoms with Crippen molar-refractivity contribution in [3.8, 4) is 17.6 Å². The van der Waals surface area contributed by atoms with E-state index in [9.17, 15) is 10.1 Å². The van der Waals surface area contributed by atoms with Crippen molar-refractivity contribution in [3.05, 3.63) is 29.3 Å². The van der Waals surface area contributed by atoms with Gasteiger partial charge in [0.2, 0.25) is 0 Å². The second kappa shape index (κ2) is 11.3. The number of rotatable bonds is 9. The fraction of sp³-hybridized carbons (Fsp3) is 0.545. The lowest BCUT2D eigenvalue weighted by Crippen LogP contribution is -2.36. The first-order valence-electron chi connectivity index (χ1n) is 9.91. The number of unbranched alkanes of at least 4 members (excludes halogenated alkanes) is 2. The first-order valence-corrected chi connectivity index (χ1v) is 9.91. The van der Waals surface area contributed by atoms with Crippen molar-refractivity contribution in [3.63, 3.8) is 0 Å². The fourth-order valence-electron chi connectivity index (χ4n) is 3.25. The molecule has 0 heterocycles. The van der Waals surface area contributed by atoms with Crippen LogP contribution in [0.4, 0.5) is 0 Å². The number of nitrogens with one attached hydrogen (secondary N) is 1. The number of amides is 1. The number of carbonyl (C=O) groups is 1. The number of hydrogen-bond donors (Lipinski definition) is 1. The van der Waals surface area contributed by atoms with Crippen molar-refractivity contribution in [2.75, 3.05) is 13.7 Å². The number of benzene rings is 1. The van der Waals surface area contributed by atoms with E-state index in [0.29, 0.717) is 18.1 Å². The maximum atomic E-state index is 12.4. The molecule has 0 bridgehead atoms. The molecule has 1 fully saturated rings. The molecule has 5 nitrogen and oxygen atoms in total. The Morgan fingerprint density at radius 1 is 1.26 bits per heavy atom. The summed E-state index contributed by atoms with van der Waals surface area (Å²) in [5, 5.41) is 12.4. The minimum absolute atomic E-state index is 0.110. The highest BCUT2D eigenvalue weighted by Gasteiger charge is 2.18. The SMILES string of the molecule is CCCCCOc1ccc(/C=C(/C#N)C(=O)NC2CCCCC2)cc1OC. The van der Waals surface area contributed by atoms with Gasteiger partial charge in [0.25, 0.3) is 5.91 Å². The van der Waals surface area contributed by atoms with Crippen LogP contribution in [0.5, 0.6) is 11.5 Å². The van der Waals surface area contributed by atoms with Gasteiger partial charge in [0.1, 0.15) is 11.6 Å². The number of carbonyl (C=O) groups excluding carboxylic acids is 1. The summed E-state index contributed by atoms with van der Waals surface area (Å²) in [7, 11) is 1.59. The Morgan fingerprint density at radius 2 is 2.04 bits per heavy atom. The Balaban J connectivity index is 2.05. The molecule has 0 aliphatic heterocycles. The summed E-state index contributed by atoms with van der Waals surface area (Å²) in [6.45, 7) is 2.80. The lowest BCUT2D eigenvalue weighted by Gasteiger charge is -2.22. The van der Waals surface area contributed by atoms with E-state index < -0.39 is 0 Å². The molecule has 0 unspecified atom stereocenters. The molecule has 27 heavy (non-hydrogen) atoms. The van der Waals surface area contributed by atoms with Crippen LogP contribution in [0.2, 0.25) is 0 Å². The number of ether oxygens (including phenoxy) is 2. The zero-order chi connectivity index (χ0) is 19.5. The third-order valence-corrected chi connectivity index (χ3v) is 4.81. The highest BCUT2D eigenvalue weighted by Crippen LogP contribution is 2.29. The van der Waals surface area contributed by atoms with Gasteiger partial charge < -0.3 is 14.8 Å². The Kier molecular flexibility index (Phi) is 8.70. The Labute approximate surface area is 162 Å². The predicted molar refractivity (Wildman–Crippen MR) is 107 cm³/mol. The third kappa shape index (κ3) is 6.63. The van der Waals surface area contributed by atoms with E-state index in [0.717, 1.165) is 50.5 Å². The van der Waals surface area contributed by atoms with Gasteiger partial charge in [-0.1, -0.05) is 45.1 Å². The summed E-state index contributed by atoms with van der Waals surface area (Å²) in [5.74, 6) is 0.976. The minimum atomic E-state index is -0.303. The van der Waals surface area contributed by atoms with Crippen molar-refractivity contribution in [2.24, 2.45) is 0 Å². The quantitative estimate of drug-likeness (QED) is 0.391. The van der Waals surface area contributed by atoms with Crippen LogP contribution < -0.4 is 14.8 Å². The van der Waals surface area contributed by atoms with Crippen LogP contribution in [0.3, 0.4) is 0 Å². The molecule has 1 saturated carbocycles. The molecule has 1 aromatic rings. The van der Waals surface area contributed by atoms with Gasteiger partial charge in [-0.15, -0.1) is 0 Å². The van der Waals surface area contributed by atoms with E-state index in [1.165, 1.54) is 6.42 Å². The molecule has 2 rings (SSSR count). The molecular weight excluding hydrogens is 340 g/mol. The molecule has 0 radical (unpaired) electrons. The Morgan fingerprint density at radius 3 is 2.70 bits per heavy atom. The minimum Gasteiger partial charge on any atom is -0.493 e. The summed E-state index contributed by atoms with van der Waals surface area (Å²) in [6, 6.07) is 7.65. The zero-order valence-corrected chi connectivity index (χ0v) is 16.4. The van der Waals surface area contributed by atoms with Crippen molar-refractivity contribution >= 4 is 12.0 Å². The summed E-state index contributed by atoms with van der Waals surface area (Å²) < 4.78 is 11.2. The van der Waals surface area contributed by atoms with Gasteiger partial charge in [-0.3, -0.25) is 4.79 Å². The normalized spacial score (nSPS) is 15.1. The third-order valence-electron chi connectivity index (χ3n) is 4.81. The van der Waals surface area contributed by atoms with E-state index in [1.807, 2.05) is 18.2 Å². The standard InChI is InChI=1S/C22H30N2O3/c1-3-4-8-13-27-20-12-11-17(15-21(20)26-2)14-18(16-23)22(25)24-19-9-6-5-7-10-19/h11-12,14-15,19H,3-10,13H2,1-2H3,(H,24,25)/b18-14-. The van der Waals surface area contributed by atoms with Gasteiger partial charge in [0.15, 0.2) is 11.5 Å². The van der Waals surface area contributed by atoms with E-state index in [2.05, 4.69) is 12.2 Å². The number of nitrogens with zero attached hydrogens (tertiary/aromatic N) is 1. The van der Waals surface area contributed by atoms with Crippen LogP contribution in [0.1, 0.15) is 63.9 Å². The van der Waals surface area contributed by atoms with Crippen LogP contribution >= 0.6 is 0 Å². The first-order chi connectivity index (χ1) is 13.2. The molecule has 0 aromatic heterocycles. The van der Waals surface area contributed by atoms with Crippen molar-refractivity contribution in [1.29, 1.82) is 5.26 Å². The van der Waals surface area contributed by atoms with Crippen molar-refractivity contribution in [2.45, 2.75) is 64.3 Å². The molecule has 1 aliphatic carbocycles. The molecule has 0 spiro atoms. The van der Waals surface area contributed by atoms with Crippen LogP contribution in [-0.2, 0) is 4.79 Å². The average Bonchev–Trinajstić information content (AvgIpc) is 2.70. The van der Waals surface area contributed by atoms with Gasteiger partial charge in [-0.05, 0) is 43.0 Å². The summed E-state index contributed by atoms with van der Waals surface area (Å²) >= 11 is 0. The van der Waals surface area contributed by atoms with Crippen LogP contribution in [-0.4, -0.2) is 25.7 Å². The molecule has 1 amide bonds. The second-order valence-electron chi connectivity index (χ2n) is 6.94. The van der Waals surface area contributed by atoms with Gasteiger partial charge in [0.05, 0.1) is 13.7 Å². The monoisotopic (exact) mass is 370 g/mol. The maximum Gasteiger partial charge on any atom is 0.262 e. The summed E-state index contributed by atoms with van der Waals surface area (Å²) in [6.07, 6.45) is 10.3. The molecule has 0 atom stereocenters. The highest BCUT2D eigenvalue weighted by molar-refractivity contribution is 6.01. The molecule has 146 valence electrons. The molecule has 1 aliphatic rings.